The Hall–Kier alpha value is -1.60. The zero-order chi connectivity index (χ0) is 19.4. The number of amides is 1. The van der Waals surface area contributed by atoms with Crippen molar-refractivity contribution in [2.75, 3.05) is 18.4 Å². The molecule has 0 atom stereocenters. The molecule has 2 aromatic rings. The summed E-state index contributed by atoms with van der Waals surface area (Å²) in [6, 6.07) is 11.4. The van der Waals surface area contributed by atoms with Crippen LogP contribution in [0.5, 0.6) is 0 Å². The Morgan fingerprint density at radius 3 is 2.30 bits per heavy atom. The number of nitrogens with zero attached hydrogens (tertiary/aromatic N) is 1. The predicted octanol–water partition coefficient (Wildman–Crippen LogP) is 4.56. The molecule has 0 unspecified atom stereocenters. The number of carbonyl (C=O) groups excluding carboxylic acids is 1. The zero-order valence-electron chi connectivity index (χ0n) is 14.6. The summed E-state index contributed by atoms with van der Waals surface area (Å²) < 4.78 is 26.6. The summed E-state index contributed by atoms with van der Waals surface area (Å²) in [5.41, 5.74) is 1.53. The lowest BCUT2D eigenvalue weighted by atomic mass is 10.1. The highest BCUT2D eigenvalue weighted by atomic mass is 35.5. The molecule has 0 saturated carbocycles. The van der Waals surface area contributed by atoms with Gasteiger partial charge in [0, 0.05) is 23.7 Å². The fourth-order valence-corrected chi connectivity index (χ4v) is 5.05. The summed E-state index contributed by atoms with van der Waals surface area (Å²) in [4.78, 5) is 12.4. The third-order valence-corrected chi connectivity index (χ3v) is 6.85. The Kier molecular flexibility index (Phi) is 6.42. The molecule has 1 aliphatic heterocycles. The van der Waals surface area contributed by atoms with Crippen LogP contribution in [-0.4, -0.2) is 31.7 Å². The van der Waals surface area contributed by atoms with Crippen molar-refractivity contribution in [1.82, 2.24) is 4.31 Å². The van der Waals surface area contributed by atoms with Gasteiger partial charge in [-0.15, -0.1) is 0 Å². The Labute approximate surface area is 169 Å². The van der Waals surface area contributed by atoms with E-state index in [-0.39, 0.29) is 11.7 Å². The normalized spacial score (nSPS) is 15.5. The minimum absolute atomic E-state index is 0.0576. The number of carbonyl (C=O) groups is 1. The fraction of sp³-hybridized carbons (Fsp3) is 0.316. The maximum absolute atomic E-state index is 12.5. The van der Waals surface area contributed by atoms with Crippen molar-refractivity contribution in [3.63, 3.8) is 0 Å². The lowest BCUT2D eigenvalue weighted by Crippen LogP contribution is -2.36. The van der Waals surface area contributed by atoms with Crippen LogP contribution in [0.15, 0.2) is 42.5 Å². The molecule has 0 radical (unpaired) electrons. The first kappa shape index (κ1) is 20.1. The number of benzene rings is 2. The third-order valence-electron chi connectivity index (χ3n) is 4.45. The lowest BCUT2D eigenvalue weighted by Gasteiger charge is -2.25. The molecule has 1 saturated heterocycles. The van der Waals surface area contributed by atoms with Crippen LogP contribution in [0.25, 0.3) is 0 Å². The Bertz CT molecular complexity index is 924. The van der Waals surface area contributed by atoms with Gasteiger partial charge in [0.25, 0.3) is 5.91 Å². The van der Waals surface area contributed by atoms with Gasteiger partial charge < -0.3 is 5.32 Å². The molecule has 5 nitrogen and oxygen atoms in total. The standard InChI is InChI=1S/C19H20Cl2N2O3S/c20-16-8-9-18(17(21)12-16)22-19(24)15-6-4-14(5-7-15)13-27(25,26)23-10-2-1-3-11-23/h4-9,12H,1-3,10-11,13H2,(H,22,24). The predicted molar refractivity (Wildman–Crippen MR) is 109 cm³/mol. The van der Waals surface area contributed by atoms with Gasteiger partial charge in [0.15, 0.2) is 0 Å². The topological polar surface area (TPSA) is 66.5 Å². The van der Waals surface area contributed by atoms with Gasteiger partial charge in [-0.2, -0.15) is 0 Å². The molecular weight excluding hydrogens is 407 g/mol. The average Bonchev–Trinajstić information content (AvgIpc) is 2.65. The average molecular weight is 427 g/mol. The van der Waals surface area contributed by atoms with E-state index in [9.17, 15) is 13.2 Å². The van der Waals surface area contributed by atoms with Crippen molar-refractivity contribution in [1.29, 1.82) is 0 Å². The number of piperidine rings is 1. The first-order chi connectivity index (χ1) is 12.8. The second kappa shape index (κ2) is 8.61. The molecule has 144 valence electrons. The van der Waals surface area contributed by atoms with E-state index in [0.717, 1.165) is 19.3 Å². The van der Waals surface area contributed by atoms with Crippen LogP contribution >= 0.6 is 23.2 Å². The Balaban J connectivity index is 1.66. The van der Waals surface area contributed by atoms with Crippen LogP contribution in [-0.2, 0) is 15.8 Å². The quantitative estimate of drug-likeness (QED) is 0.761. The molecule has 27 heavy (non-hydrogen) atoms. The van der Waals surface area contributed by atoms with E-state index in [1.807, 2.05) is 0 Å². The van der Waals surface area contributed by atoms with Crippen LogP contribution in [0.2, 0.25) is 10.0 Å². The lowest BCUT2D eigenvalue weighted by molar-refractivity contribution is 0.102. The van der Waals surface area contributed by atoms with E-state index in [1.54, 1.807) is 46.8 Å². The first-order valence-corrected chi connectivity index (χ1v) is 11.0. The summed E-state index contributed by atoms with van der Waals surface area (Å²) in [5.74, 6) is -0.387. The van der Waals surface area contributed by atoms with Crippen LogP contribution in [0, 0.1) is 0 Å². The molecule has 0 bridgehead atoms. The van der Waals surface area contributed by atoms with Crippen molar-refractivity contribution >= 4 is 44.8 Å². The maximum Gasteiger partial charge on any atom is 0.255 e. The number of hydrogen-bond donors (Lipinski definition) is 1. The Morgan fingerprint density at radius 2 is 1.67 bits per heavy atom. The summed E-state index contributed by atoms with van der Waals surface area (Å²) in [6.45, 7) is 1.18. The van der Waals surface area contributed by atoms with Gasteiger partial charge in [0.2, 0.25) is 10.0 Å². The minimum atomic E-state index is -3.32. The summed E-state index contributed by atoms with van der Waals surface area (Å²) >= 11 is 11.9. The van der Waals surface area contributed by atoms with E-state index in [4.69, 9.17) is 23.2 Å². The smallest absolute Gasteiger partial charge is 0.255 e. The molecular formula is C19H20Cl2N2O3S. The van der Waals surface area contributed by atoms with Crippen molar-refractivity contribution < 1.29 is 13.2 Å². The summed E-state index contributed by atoms with van der Waals surface area (Å²) in [6.07, 6.45) is 2.89. The SMILES string of the molecule is O=C(Nc1ccc(Cl)cc1Cl)c1ccc(CS(=O)(=O)N2CCCCC2)cc1. The number of nitrogens with one attached hydrogen (secondary N) is 1. The second-order valence-corrected chi connectivity index (χ2v) is 9.30. The maximum atomic E-state index is 12.5. The van der Waals surface area contributed by atoms with Gasteiger partial charge in [-0.05, 0) is 48.7 Å². The molecule has 1 N–H and O–H groups in total. The van der Waals surface area contributed by atoms with Gasteiger partial charge in [-0.3, -0.25) is 4.79 Å². The number of sulfonamides is 1. The van der Waals surface area contributed by atoms with Gasteiger partial charge in [0.05, 0.1) is 16.5 Å². The molecule has 1 fully saturated rings. The van der Waals surface area contributed by atoms with Gasteiger partial charge >= 0.3 is 0 Å². The largest absolute Gasteiger partial charge is 0.321 e. The number of hydrogen-bond acceptors (Lipinski definition) is 3. The molecule has 2 aromatic carbocycles. The third kappa shape index (κ3) is 5.23. The molecule has 1 heterocycles. The van der Waals surface area contributed by atoms with E-state index >= 15 is 0 Å². The first-order valence-electron chi connectivity index (χ1n) is 8.68. The molecule has 1 amide bonds. The van der Waals surface area contributed by atoms with E-state index in [1.165, 1.54) is 0 Å². The molecule has 8 heteroatoms. The number of anilines is 1. The highest BCUT2D eigenvalue weighted by molar-refractivity contribution is 7.88. The summed E-state index contributed by atoms with van der Waals surface area (Å²) in [7, 11) is -3.32. The van der Waals surface area contributed by atoms with Crippen molar-refractivity contribution in [3.8, 4) is 0 Å². The van der Waals surface area contributed by atoms with Crippen LogP contribution in [0.3, 0.4) is 0 Å². The van der Waals surface area contributed by atoms with Crippen LogP contribution < -0.4 is 5.32 Å². The molecule has 0 aliphatic carbocycles. The van der Waals surface area contributed by atoms with Crippen molar-refractivity contribution in [3.05, 3.63) is 63.6 Å². The zero-order valence-corrected chi connectivity index (χ0v) is 16.9. The highest BCUT2D eigenvalue weighted by Gasteiger charge is 2.24. The van der Waals surface area contributed by atoms with Crippen molar-refractivity contribution in [2.24, 2.45) is 0 Å². The van der Waals surface area contributed by atoms with Crippen LogP contribution in [0.4, 0.5) is 5.69 Å². The van der Waals surface area contributed by atoms with Crippen molar-refractivity contribution in [2.45, 2.75) is 25.0 Å². The van der Waals surface area contributed by atoms with E-state index < -0.39 is 10.0 Å². The molecule has 3 rings (SSSR count). The number of halogens is 2. The Morgan fingerprint density at radius 1 is 1.00 bits per heavy atom. The van der Waals surface area contributed by atoms with E-state index in [0.29, 0.717) is 39.9 Å². The molecule has 1 aliphatic rings. The molecule has 0 aromatic heterocycles. The number of rotatable bonds is 5. The molecule has 0 spiro atoms. The van der Waals surface area contributed by atoms with Crippen LogP contribution in [0.1, 0.15) is 35.2 Å². The van der Waals surface area contributed by atoms with Gasteiger partial charge in [0.1, 0.15) is 0 Å². The summed E-state index contributed by atoms with van der Waals surface area (Å²) in [5, 5.41) is 3.55. The van der Waals surface area contributed by atoms with Gasteiger partial charge in [-0.1, -0.05) is 41.8 Å². The van der Waals surface area contributed by atoms with Gasteiger partial charge in [-0.25, -0.2) is 12.7 Å². The fourth-order valence-electron chi connectivity index (χ4n) is 2.98. The second-order valence-electron chi connectivity index (χ2n) is 6.49. The monoisotopic (exact) mass is 426 g/mol. The van der Waals surface area contributed by atoms with E-state index in [2.05, 4.69) is 5.32 Å². The highest BCUT2D eigenvalue weighted by Crippen LogP contribution is 2.26. The minimum Gasteiger partial charge on any atom is -0.321 e.